The monoisotopic (exact) mass is 260 g/mol. The van der Waals surface area contributed by atoms with Gasteiger partial charge >= 0.3 is 0 Å². The fourth-order valence-corrected chi connectivity index (χ4v) is 2.75. The van der Waals surface area contributed by atoms with E-state index in [2.05, 4.69) is 55.3 Å². The van der Waals surface area contributed by atoms with Crippen LogP contribution in [0.4, 0.5) is 11.4 Å². The zero-order valence-corrected chi connectivity index (χ0v) is 12.0. The van der Waals surface area contributed by atoms with E-state index in [-0.39, 0.29) is 0 Å². The maximum atomic E-state index is 6.15. The Labute approximate surface area is 113 Å². The van der Waals surface area contributed by atoms with E-state index >= 15 is 0 Å². The molecule has 2 rings (SSSR count). The molecular weight excluding hydrogens is 240 g/mol. The van der Waals surface area contributed by atoms with Gasteiger partial charge in [0.2, 0.25) is 0 Å². The molecule has 2 aromatic rings. The predicted octanol–water partition coefficient (Wildman–Crippen LogP) is 4.05. The maximum absolute atomic E-state index is 6.15. The molecule has 0 saturated carbocycles. The Kier molecular flexibility index (Phi) is 3.92. The van der Waals surface area contributed by atoms with E-state index in [9.17, 15) is 0 Å². The number of thiophene rings is 1. The van der Waals surface area contributed by atoms with E-state index in [1.54, 1.807) is 11.3 Å². The molecule has 2 N–H and O–H groups in total. The summed E-state index contributed by atoms with van der Waals surface area (Å²) >= 11 is 1.79. The third-order valence-electron chi connectivity index (χ3n) is 3.02. The summed E-state index contributed by atoms with van der Waals surface area (Å²) in [6.45, 7) is 7.39. The smallest absolute Gasteiger partial charge is 0.0605 e. The Balaban J connectivity index is 2.29. The summed E-state index contributed by atoms with van der Waals surface area (Å²) in [6.07, 6.45) is 0. The van der Waals surface area contributed by atoms with Gasteiger partial charge in [-0.25, -0.2) is 0 Å². The fraction of sp³-hybridized carbons (Fsp3) is 0.333. The second kappa shape index (κ2) is 5.44. The van der Waals surface area contributed by atoms with Gasteiger partial charge in [0.1, 0.15) is 0 Å². The number of aryl methyl sites for hydroxylation is 1. The number of hydrogen-bond donors (Lipinski definition) is 1. The Morgan fingerprint density at radius 3 is 2.61 bits per heavy atom. The lowest BCUT2D eigenvalue weighted by molar-refractivity contribution is 0.688. The predicted molar refractivity (Wildman–Crippen MR) is 81.2 cm³/mol. The van der Waals surface area contributed by atoms with Crippen LogP contribution in [0.3, 0.4) is 0 Å². The molecule has 0 aliphatic rings. The van der Waals surface area contributed by atoms with Gasteiger partial charge in [-0.3, -0.25) is 0 Å². The third kappa shape index (κ3) is 2.85. The van der Waals surface area contributed by atoms with Crippen LogP contribution in [-0.2, 0) is 6.54 Å². The number of nitrogens with two attached hydrogens (primary N) is 1. The van der Waals surface area contributed by atoms with Crippen LogP contribution in [-0.4, -0.2) is 6.04 Å². The van der Waals surface area contributed by atoms with Gasteiger partial charge in [-0.2, -0.15) is 0 Å². The van der Waals surface area contributed by atoms with Gasteiger partial charge in [0.05, 0.1) is 17.9 Å². The van der Waals surface area contributed by atoms with E-state index in [1.165, 1.54) is 10.4 Å². The Morgan fingerprint density at radius 2 is 2.06 bits per heavy atom. The molecule has 96 valence electrons. The van der Waals surface area contributed by atoms with Crippen LogP contribution in [0.2, 0.25) is 0 Å². The molecule has 0 saturated heterocycles. The summed E-state index contributed by atoms with van der Waals surface area (Å²) in [5.74, 6) is 0. The third-order valence-corrected chi connectivity index (χ3v) is 3.88. The molecule has 1 aromatic heterocycles. The van der Waals surface area contributed by atoms with Gasteiger partial charge in [-0.05, 0) is 49.9 Å². The minimum Gasteiger partial charge on any atom is -0.397 e. The highest BCUT2D eigenvalue weighted by molar-refractivity contribution is 7.09. The molecule has 0 atom stereocenters. The zero-order valence-electron chi connectivity index (χ0n) is 11.2. The first kappa shape index (κ1) is 13.0. The minimum absolute atomic E-state index is 0.428. The van der Waals surface area contributed by atoms with Gasteiger partial charge in [-0.1, -0.05) is 12.1 Å². The molecule has 3 heteroatoms. The highest BCUT2D eigenvalue weighted by Gasteiger charge is 2.14. The van der Waals surface area contributed by atoms with E-state index in [4.69, 9.17) is 5.73 Å². The van der Waals surface area contributed by atoms with Crippen LogP contribution in [0.1, 0.15) is 24.3 Å². The van der Waals surface area contributed by atoms with Crippen molar-refractivity contribution in [3.63, 3.8) is 0 Å². The van der Waals surface area contributed by atoms with Crippen molar-refractivity contribution in [3.05, 3.63) is 46.2 Å². The summed E-state index contributed by atoms with van der Waals surface area (Å²) in [7, 11) is 0. The molecule has 1 aromatic carbocycles. The molecule has 0 fully saturated rings. The first-order valence-electron chi connectivity index (χ1n) is 6.23. The number of benzene rings is 1. The lowest BCUT2D eigenvalue weighted by Crippen LogP contribution is -2.30. The fourth-order valence-electron chi connectivity index (χ4n) is 2.05. The van der Waals surface area contributed by atoms with E-state index in [0.717, 1.165) is 17.9 Å². The van der Waals surface area contributed by atoms with Gasteiger partial charge in [0.15, 0.2) is 0 Å². The standard InChI is InChI=1S/C15H20N2S/c1-11(2)17(10-13-5-4-8-18-13)15-7-6-12(3)9-14(15)16/h4-9,11H,10,16H2,1-3H3. The van der Waals surface area contributed by atoms with Crippen molar-refractivity contribution in [1.29, 1.82) is 0 Å². The van der Waals surface area contributed by atoms with E-state index < -0.39 is 0 Å². The lowest BCUT2D eigenvalue weighted by Gasteiger charge is -2.30. The molecule has 0 bridgehead atoms. The van der Waals surface area contributed by atoms with Crippen molar-refractivity contribution >= 4 is 22.7 Å². The van der Waals surface area contributed by atoms with Crippen molar-refractivity contribution < 1.29 is 0 Å². The largest absolute Gasteiger partial charge is 0.397 e. The van der Waals surface area contributed by atoms with Crippen LogP contribution >= 0.6 is 11.3 Å². The average molecular weight is 260 g/mol. The molecule has 1 heterocycles. The normalized spacial score (nSPS) is 10.9. The molecule has 0 unspecified atom stereocenters. The van der Waals surface area contributed by atoms with Crippen molar-refractivity contribution in [2.75, 3.05) is 10.6 Å². The summed E-state index contributed by atoms with van der Waals surface area (Å²) in [4.78, 5) is 3.71. The molecular formula is C15H20N2S. The van der Waals surface area contributed by atoms with Crippen LogP contribution in [0, 0.1) is 6.92 Å². The molecule has 18 heavy (non-hydrogen) atoms. The molecule has 0 spiro atoms. The second-order valence-electron chi connectivity index (χ2n) is 4.86. The quantitative estimate of drug-likeness (QED) is 0.840. The maximum Gasteiger partial charge on any atom is 0.0605 e. The van der Waals surface area contributed by atoms with Crippen molar-refractivity contribution in [2.45, 2.75) is 33.4 Å². The Hall–Kier alpha value is -1.48. The van der Waals surface area contributed by atoms with Crippen LogP contribution in [0.25, 0.3) is 0 Å². The summed E-state index contributed by atoms with van der Waals surface area (Å²) < 4.78 is 0. The van der Waals surface area contributed by atoms with Crippen LogP contribution in [0.5, 0.6) is 0 Å². The highest BCUT2D eigenvalue weighted by Crippen LogP contribution is 2.28. The first-order chi connectivity index (χ1) is 8.58. The first-order valence-corrected chi connectivity index (χ1v) is 7.11. The van der Waals surface area contributed by atoms with Crippen molar-refractivity contribution in [2.24, 2.45) is 0 Å². The molecule has 2 nitrogen and oxygen atoms in total. The zero-order chi connectivity index (χ0) is 13.1. The Morgan fingerprint density at radius 1 is 1.28 bits per heavy atom. The van der Waals surface area contributed by atoms with Crippen molar-refractivity contribution in [3.8, 4) is 0 Å². The number of anilines is 2. The second-order valence-corrected chi connectivity index (χ2v) is 5.90. The number of nitrogen functional groups attached to an aromatic ring is 1. The molecule has 0 amide bonds. The van der Waals surface area contributed by atoms with Crippen LogP contribution < -0.4 is 10.6 Å². The highest BCUT2D eigenvalue weighted by atomic mass is 32.1. The van der Waals surface area contributed by atoms with E-state index in [0.29, 0.717) is 6.04 Å². The minimum atomic E-state index is 0.428. The Bertz CT molecular complexity index is 503. The SMILES string of the molecule is Cc1ccc(N(Cc2cccs2)C(C)C)c(N)c1. The number of nitrogens with zero attached hydrogens (tertiary/aromatic N) is 1. The van der Waals surface area contributed by atoms with Gasteiger partial charge in [0, 0.05) is 10.9 Å². The summed E-state index contributed by atoms with van der Waals surface area (Å²) in [5.41, 5.74) is 9.35. The summed E-state index contributed by atoms with van der Waals surface area (Å²) in [5, 5.41) is 2.12. The van der Waals surface area contributed by atoms with Gasteiger partial charge < -0.3 is 10.6 Å². The lowest BCUT2D eigenvalue weighted by atomic mass is 10.1. The number of rotatable bonds is 4. The topological polar surface area (TPSA) is 29.3 Å². The molecule has 0 aliphatic heterocycles. The molecule has 0 radical (unpaired) electrons. The van der Waals surface area contributed by atoms with Gasteiger partial charge in [-0.15, -0.1) is 11.3 Å². The van der Waals surface area contributed by atoms with Crippen molar-refractivity contribution in [1.82, 2.24) is 0 Å². The van der Waals surface area contributed by atoms with Gasteiger partial charge in [0.25, 0.3) is 0 Å². The molecule has 0 aliphatic carbocycles. The average Bonchev–Trinajstić information content (AvgIpc) is 2.79. The van der Waals surface area contributed by atoms with E-state index in [1.807, 2.05) is 6.07 Å². The van der Waals surface area contributed by atoms with Crippen LogP contribution in [0.15, 0.2) is 35.7 Å². The summed E-state index contributed by atoms with van der Waals surface area (Å²) in [6, 6.07) is 11.0. The number of hydrogen-bond acceptors (Lipinski definition) is 3.